The Labute approximate surface area is 122 Å². The van der Waals surface area contributed by atoms with Gasteiger partial charge in [0.2, 0.25) is 0 Å². The first kappa shape index (κ1) is 16.7. The first-order chi connectivity index (χ1) is 9.79. The number of carbonyl (C=O) groups excluding carboxylic acids is 1. The molecule has 0 spiro atoms. The lowest BCUT2D eigenvalue weighted by atomic mass is 10.00. The fourth-order valence-corrected chi connectivity index (χ4v) is 2.21. The smallest absolute Gasteiger partial charge is 0.314 e. The van der Waals surface area contributed by atoms with E-state index in [-0.39, 0.29) is 11.9 Å². The number of esters is 1. The molecule has 0 aliphatic heterocycles. The topological polar surface area (TPSA) is 52.3 Å². The Bertz CT molecular complexity index is 365. The number of nitrogens with two attached hydrogens (primary N) is 1. The summed E-state index contributed by atoms with van der Waals surface area (Å²) in [6, 6.07) is 9.60. The minimum absolute atomic E-state index is 0.202. The molecular weight excluding hydrogens is 250 g/mol. The molecule has 0 radical (unpaired) electrons. The van der Waals surface area contributed by atoms with E-state index in [1.165, 1.54) is 25.7 Å². The summed E-state index contributed by atoms with van der Waals surface area (Å²) >= 11 is 0. The summed E-state index contributed by atoms with van der Waals surface area (Å²) < 4.78 is 5.34. The Kier molecular flexibility index (Phi) is 8.72. The summed E-state index contributed by atoms with van der Waals surface area (Å²) in [6.45, 7) is 3.01. The molecule has 3 heteroatoms. The molecule has 1 unspecified atom stereocenters. The zero-order valence-corrected chi connectivity index (χ0v) is 12.5. The number of benzene rings is 1. The van der Waals surface area contributed by atoms with E-state index < -0.39 is 0 Å². The number of unbranched alkanes of at least 4 members (excludes halogenated alkanes) is 5. The second kappa shape index (κ2) is 10.4. The van der Waals surface area contributed by atoms with Gasteiger partial charge >= 0.3 is 5.97 Å². The molecule has 1 atom stereocenters. The van der Waals surface area contributed by atoms with Gasteiger partial charge in [0.05, 0.1) is 12.5 Å². The molecule has 0 aliphatic carbocycles. The fraction of sp³-hybridized carbons (Fsp3) is 0.588. The molecular formula is C17H27NO2. The van der Waals surface area contributed by atoms with Gasteiger partial charge in [-0.15, -0.1) is 0 Å². The van der Waals surface area contributed by atoms with Crippen molar-refractivity contribution in [1.29, 1.82) is 0 Å². The van der Waals surface area contributed by atoms with Crippen LogP contribution in [0.2, 0.25) is 0 Å². The highest BCUT2D eigenvalue weighted by Crippen LogP contribution is 2.16. The maximum absolute atomic E-state index is 12.0. The van der Waals surface area contributed by atoms with Crippen molar-refractivity contribution in [1.82, 2.24) is 0 Å². The molecule has 3 nitrogen and oxygen atoms in total. The largest absolute Gasteiger partial charge is 0.465 e. The van der Waals surface area contributed by atoms with Gasteiger partial charge in [0.15, 0.2) is 0 Å². The van der Waals surface area contributed by atoms with Crippen LogP contribution in [0.3, 0.4) is 0 Å². The van der Waals surface area contributed by atoms with Crippen LogP contribution in [0, 0.1) is 0 Å². The van der Waals surface area contributed by atoms with E-state index in [0.29, 0.717) is 13.2 Å². The monoisotopic (exact) mass is 277 g/mol. The number of ether oxygens (including phenoxy) is 1. The van der Waals surface area contributed by atoms with E-state index in [0.717, 1.165) is 18.4 Å². The molecule has 1 aromatic carbocycles. The van der Waals surface area contributed by atoms with E-state index in [1.54, 1.807) is 0 Å². The van der Waals surface area contributed by atoms with Crippen molar-refractivity contribution < 1.29 is 9.53 Å². The molecule has 0 aliphatic rings. The van der Waals surface area contributed by atoms with E-state index >= 15 is 0 Å². The minimum atomic E-state index is -0.337. The molecule has 0 amide bonds. The molecule has 0 bridgehead atoms. The van der Waals surface area contributed by atoms with Crippen molar-refractivity contribution in [2.45, 2.75) is 51.4 Å². The molecule has 1 rings (SSSR count). The lowest BCUT2D eigenvalue weighted by Gasteiger charge is -2.14. The van der Waals surface area contributed by atoms with Gasteiger partial charge < -0.3 is 10.5 Å². The number of rotatable bonds is 10. The average molecular weight is 277 g/mol. The van der Waals surface area contributed by atoms with Gasteiger partial charge in [-0.25, -0.2) is 0 Å². The van der Waals surface area contributed by atoms with Crippen LogP contribution in [0.1, 0.15) is 56.9 Å². The molecule has 1 aromatic rings. The average Bonchev–Trinajstić information content (AvgIpc) is 2.48. The van der Waals surface area contributed by atoms with Crippen molar-refractivity contribution in [3.05, 3.63) is 35.9 Å². The van der Waals surface area contributed by atoms with Crippen molar-refractivity contribution in [3.63, 3.8) is 0 Å². The van der Waals surface area contributed by atoms with Gasteiger partial charge in [-0.05, 0) is 12.0 Å². The second-order valence-corrected chi connectivity index (χ2v) is 5.13. The van der Waals surface area contributed by atoms with Crippen LogP contribution in [0.25, 0.3) is 0 Å². The molecule has 0 fully saturated rings. The summed E-state index contributed by atoms with van der Waals surface area (Å²) in [7, 11) is 0. The predicted octanol–water partition coefficient (Wildman–Crippen LogP) is 3.63. The highest BCUT2D eigenvalue weighted by atomic mass is 16.5. The highest BCUT2D eigenvalue weighted by Gasteiger charge is 2.19. The summed E-state index contributed by atoms with van der Waals surface area (Å²) in [5.74, 6) is -0.538. The number of carbonyl (C=O) groups is 1. The standard InChI is InChI=1S/C17H27NO2/c1-2-3-4-5-6-10-13-20-17(19)16(14-18)15-11-8-7-9-12-15/h7-9,11-12,16H,2-6,10,13-14,18H2,1H3. The van der Waals surface area contributed by atoms with Gasteiger partial charge in [0, 0.05) is 6.54 Å². The second-order valence-electron chi connectivity index (χ2n) is 5.13. The fourth-order valence-electron chi connectivity index (χ4n) is 2.21. The van der Waals surface area contributed by atoms with Gasteiger partial charge in [-0.2, -0.15) is 0 Å². The maximum atomic E-state index is 12.0. The molecule has 0 heterocycles. The molecule has 0 saturated heterocycles. The van der Waals surface area contributed by atoms with Crippen molar-refractivity contribution in [3.8, 4) is 0 Å². The van der Waals surface area contributed by atoms with Crippen LogP contribution in [-0.2, 0) is 9.53 Å². The van der Waals surface area contributed by atoms with Gasteiger partial charge in [0.1, 0.15) is 0 Å². The van der Waals surface area contributed by atoms with Gasteiger partial charge in [-0.1, -0.05) is 69.4 Å². The first-order valence-corrected chi connectivity index (χ1v) is 7.71. The Morgan fingerprint density at radius 3 is 2.40 bits per heavy atom. The van der Waals surface area contributed by atoms with Crippen molar-refractivity contribution in [2.24, 2.45) is 5.73 Å². The summed E-state index contributed by atoms with van der Waals surface area (Å²) in [6.07, 6.45) is 7.13. The van der Waals surface area contributed by atoms with E-state index in [1.807, 2.05) is 30.3 Å². The van der Waals surface area contributed by atoms with Gasteiger partial charge in [-0.3, -0.25) is 4.79 Å². The van der Waals surface area contributed by atoms with Crippen LogP contribution < -0.4 is 5.73 Å². The predicted molar refractivity (Wildman–Crippen MR) is 82.6 cm³/mol. The van der Waals surface area contributed by atoms with Crippen LogP contribution in [0.4, 0.5) is 0 Å². The summed E-state index contributed by atoms with van der Waals surface area (Å²) in [5.41, 5.74) is 6.62. The van der Waals surface area contributed by atoms with E-state index in [4.69, 9.17) is 10.5 Å². The van der Waals surface area contributed by atoms with Crippen LogP contribution in [0.15, 0.2) is 30.3 Å². The Hall–Kier alpha value is -1.35. The normalized spacial score (nSPS) is 12.1. The van der Waals surface area contributed by atoms with E-state index in [9.17, 15) is 4.79 Å². The van der Waals surface area contributed by atoms with Crippen LogP contribution in [-0.4, -0.2) is 19.1 Å². The Morgan fingerprint density at radius 2 is 1.75 bits per heavy atom. The number of hydrogen-bond donors (Lipinski definition) is 1. The summed E-state index contributed by atoms with van der Waals surface area (Å²) in [4.78, 5) is 12.0. The third-order valence-corrected chi connectivity index (χ3v) is 3.46. The lowest BCUT2D eigenvalue weighted by Crippen LogP contribution is -2.24. The number of hydrogen-bond acceptors (Lipinski definition) is 3. The van der Waals surface area contributed by atoms with E-state index in [2.05, 4.69) is 6.92 Å². The first-order valence-electron chi connectivity index (χ1n) is 7.71. The maximum Gasteiger partial charge on any atom is 0.314 e. The SMILES string of the molecule is CCCCCCCCOC(=O)C(CN)c1ccccc1. The van der Waals surface area contributed by atoms with Crippen LogP contribution >= 0.6 is 0 Å². The zero-order valence-electron chi connectivity index (χ0n) is 12.5. The highest BCUT2D eigenvalue weighted by molar-refractivity contribution is 5.78. The molecule has 2 N–H and O–H groups in total. The Morgan fingerprint density at radius 1 is 1.10 bits per heavy atom. The molecule has 0 saturated carbocycles. The van der Waals surface area contributed by atoms with Crippen LogP contribution in [0.5, 0.6) is 0 Å². The molecule has 112 valence electrons. The third kappa shape index (κ3) is 6.20. The van der Waals surface area contributed by atoms with Crippen molar-refractivity contribution >= 4 is 5.97 Å². The summed E-state index contributed by atoms with van der Waals surface area (Å²) in [5, 5.41) is 0. The molecule has 0 aromatic heterocycles. The third-order valence-electron chi connectivity index (χ3n) is 3.46. The Balaban J connectivity index is 2.24. The quantitative estimate of drug-likeness (QED) is 0.525. The minimum Gasteiger partial charge on any atom is -0.465 e. The zero-order chi connectivity index (χ0) is 14.6. The van der Waals surface area contributed by atoms with Crippen molar-refractivity contribution in [2.75, 3.05) is 13.2 Å². The lowest BCUT2D eigenvalue weighted by molar-refractivity contribution is -0.145. The molecule has 20 heavy (non-hydrogen) atoms. The van der Waals surface area contributed by atoms with Gasteiger partial charge in [0.25, 0.3) is 0 Å².